The summed E-state index contributed by atoms with van der Waals surface area (Å²) in [6.45, 7) is 6.15. The van der Waals surface area contributed by atoms with E-state index < -0.39 is 5.79 Å². The van der Waals surface area contributed by atoms with E-state index >= 15 is 0 Å². The first-order valence-corrected chi connectivity index (χ1v) is 5.57. The SMILES string of the molecule is CC(C)CNCCCCC(O)(O)CC=O. The summed E-state index contributed by atoms with van der Waals surface area (Å²) in [6, 6.07) is 0. The van der Waals surface area contributed by atoms with Crippen LogP contribution in [0.5, 0.6) is 0 Å². The predicted octanol–water partition coefficient (Wildman–Crippen LogP) is 0.672. The van der Waals surface area contributed by atoms with Crippen LogP contribution in [0.4, 0.5) is 0 Å². The molecule has 90 valence electrons. The van der Waals surface area contributed by atoms with E-state index in [0.717, 1.165) is 19.5 Å². The zero-order valence-electron chi connectivity index (χ0n) is 9.70. The molecule has 0 rings (SSSR count). The maximum Gasteiger partial charge on any atom is 0.169 e. The van der Waals surface area contributed by atoms with E-state index in [1.165, 1.54) is 0 Å². The topological polar surface area (TPSA) is 69.6 Å². The van der Waals surface area contributed by atoms with Gasteiger partial charge in [-0.2, -0.15) is 0 Å². The van der Waals surface area contributed by atoms with Crippen molar-refractivity contribution in [3.63, 3.8) is 0 Å². The van der Waals surface area contributed by atoms with Crippen molar-refractivity contribution in [2.24, 2.45) is 5.92 Å². The summed E-state index contributed by atoms with van der Waals surface area (Å²) in [4.78, 5) is 10.1. The Hall–Kier alpha value is -0.450. The molecule has 0 aliphatic rings. The van der Waals surface area contributed by atoms with Gasteiger partial charge in [0.15, 0.2) is 5.79 Å². The van der Waals surface area contributed by atoms with E-state index in [9.17, 15) is 15.0 Å². The van der Waals surface area contributed by atoms with Crippen molar-refractivity contribution in [3.05, 3.63) is 0 Å². The molecule has 0 atom stereocenters. The third-order valence-corrected chi connectivity index (χ3v) is 2.14. The van der Waals surface area contributed by atoms with Gasteiger partial charge in [0.2, 0.25) is 0 Å². The van der Waals surface area contributed by atoms with Crippen molar-refractivity contribution >= 4 is 6.29 Å². The van der Waals surface area contributed by atoms with Crippen molar-refractivity contribution in [1.82, 2.24) is 5.32 Å². The Morgan fingerprint density at radius 3 is 2.53 bits per heavy atom. The van der Waals surface area contributed by atoms with E-state index in [2.05, 4.69) is 19.2 Å². The van der Waals surface area contributed by atoms with Gasteiger partial charge < -0.3 is 20.3 Å². The molecule has 3 N–H and O–H groups in total. The molecule has 4 heteroatoms. The molecule has 0 aromatic carbocycles. The van der Waals surface area contributed by atoms with Crippen LogP contribution in [0.1, 0.15) is 39.5 Å². The number of aliphatic hydroxyl groups is 2. The van der Waals surface area contributed by atoms with Gasteiger partial charge >= 0.3 is 0 Å². The van der Waals surface area contributed by atoms with Gasteiger partial charge in [-0.3, -0.25) is 0 Å². The van der Waals surface area contributed by atoms with Crippen LogP contribution in [0.3, 0.4) is 0 Å². The van der Waals surface area contributed by atoms with Crippen LogP contribution in [0.25, 0.3) is 0 Å². The fourth-order valence-electron chi connectivity index (χ4n) is 1.28. The van der Waals surface area contributed by atoms with E-state index in [0.29, 0.717) is 18.6 Å². The first-order chi connectivity index (χ1) is 6.98. The average molecular weight is 217 g/mol. The second-order valence-corrected chi connectivity index (χ2v) is 4.41. The molecule has 0 unspecified atom stereocenters. The van der Waals surface area contributed by atoms with Crippen molar-refractivity contribution in [2.75, 3.05) is 13.1 Å². The Morgan fingerprint density at radius 2 is 2.00 bits per heavy atom. The molecule has 4 nitrogen and oxygen atoms in total. The summed E-state index contributed by atoms with van der Waals surface area (Å²) < 4.78 is 0. The van der Waals surface area contributed by atoms with Gasteiger partial charge in [-0.25, -0.2) is 0 Å². The zero-order valence-corrected chi connectivity index (χ0v) is 9.70. The molecule has 0 bridgehead atoms. The molecular weight excluding hydrogens is 194 g/mol. The van der Waals surface area contributed by atoms with Gasteiger partial charge in [-0.1, -0.05) is 13.8 Å². The van der Waals surface area contributed by atoms with Crippen molar-refractivity contribution in [2.45, 2.75) is 45.3 Å². The van der Waals surface area contributed by atoms with Gasteiger partial charge in [0.25, 0.3) is 0 Å². The number of hydrogen-bond donors (Lipinski definition) is 3. The predicted molar refractivity (Wildman–Crippen MR) is 59.4 cm³/mol. The lowest BCUT2D eigenvalue weighted by atomic mass is 10.1. The minimum Gasteiger partial charge on any atom is -0.365 e. The van der Waals surface area contributed by atoms with Crippen LogP contribution in [-0.2, 0) is 4.79 Å². The maximum atomic E-state index is 10.1. The molecule has 0 heterocycles. The van der Waals surface area contributed by atoms with E-state index in [1.807, 2.05) is 0 Å². The molecule has 0 radical (unpaired) electrons. The molecule has 0 spiro atoms. The lowest BCUT2D eigenvalue weighted by Crippen LogP contribution is -2.29. The molecule has 0 aliphatic carbocycles. The fraction of sp³-hybridized carbons (Fsp3) is 0.909. The highest BCUT2D eigenvalue weighted by Gasteiger charge is 2.20. The second-order valence-electron chi connectivity index (χ2n) is 4.41. The van der Waals surface area contributed by atoms with Crippen molar-refractivity contribution < 1.29 is 15.0 Å². The minimum absolute atomic E-state index is 0.202. The van der Waals surface area contributed by atoms with Crippen LogP contribution in [0, 0.1) is 5.92 Å². The number of nitrogens with one attached hydrogen (secondary N) is 1. The summed E-state index contributed by atoms with van der Waals surface area (Å²) in [7, 11) is 0. The third-order valence-electron chi connectivity index (χ3n) is 2.14. The summed E-state index contributed by atoms with van der Waals surface area (Å²) in [5, 5.41) is 21.8. The van der Waals surface area contributed by atoms with Gasteiger partial charge in [0.05, 0.1) is 6.42 Å². The van der Waals surface area contributed by atoms with E-state index in [4.69, 9.17) is 0 Å². The number of rotatable bonds is 9. The standard InChI is InChI=1S/C11H23NO3/c1-10(2)9-12-7-4-3-5-11(14,15)6-8-13/h8,10,12,14-15H,3-7,9H2,1-2H3. The fourth-order valence-corrected chi connectivity index (χ4v) is 1.28. The lowest BCUT2D eigenvalue weighted by molar-refractivity contribution is -0.171. The first kappa shape index (κ1) is 14.6. The smallest absolute Gasteiger partial charge is 0.169 e. The van der Waals surface area contributed by atoms with Crippen LogP contribution in [0.15, 0.2) is 0 Å². The monoisotopic (exact) mass is 217 g/mol. The van der Waals surface area contributed by atoms with Crippen LogP contribution in [-0.4, -0.2) is 35.4 Å². The molecule has 0 aromatic heterocycles. The molecular formula is C11H23NO3. The summed E-state index contributed by atoms with van der Waals surface area (Å²) in [5.74, 6) is -1.17. The Bertz CT molecular complexity index is 169. The molecule has 15 heavy (non-hydrogen) atoms. The quantitative estimate of drug-likeness (QED) is 0.302. The Balaban J connectivity index is 3.34. The third kappa shape index (κ3) is 9.85. The number of carbonyl (C=O) groups excluding carboxylic acids is 1. The van der Waals surface area contributed by atoms with Crippen molar-refractivity contribution in [1.29, 1.82) is 0 Å². The van der Waals surface area contributed by atoms with Crippen LogP contribution >= 0.6 is 0 Å². The number of carbonyl (C=O) groups is 1. The normalized spacial score (nSPS) is 12.1. The van der Waals surface area contributed by atoms with E-state index in [-0.39, 0.29) is 12.8 Å². The summed E-state index contributed by atoms with van der Waals surface area (Å²) in [5.41, 5.74) is 0. The highest BCUT2D eigenvalue weighted by atomic mass is 16.5. The molecule has 0 aromatic rings. The highest BCUT2D eigenvalue weighted by molar-refractivity contribution is 5.50. The number of aldehydes is 1. The largest absolute Gasteiger partial charge is 0.365 e. The second kappa shape index (κ2) is 7.79. The Labute approximate surface area is 91.7 Å². The first-order valence-electron chi connectivity index (χ1n) is 5.57. The Morgan fingerprint density at radius 1 is 1.33 bits per heavy atom. The average Bonchev–Trinajstić information content (AvgIpc) is 2.10. The van der Waals surface area contributed by atoms with Gasteiger partial charge in [0, 0.05) is 6.42 Å². The number of unbranched alkanes of at least 4 members (excludes halogenated alkanes) is 1. The number of hydrogen-bond acceptors (Lipinski definition) is 4. The molecule has 0 saturated carbocycles. The van der Waals surface area contributed by atoms with Gasteiger partial charge in [-0.15, -0.1) is 0 Å². The molecule has 0 aliphatic heterocycles. The summed E-state index contributed by atoms with van der Waals surface area (Å²) in [6.07, 6.45) is 2.21. The minimum atomic E-state index is -1.81. The van der Waals surface area contributed by atoms with Crippen LogP contribution < -0.4 is 5.32 Å². The van der Waals surface area contributed by atoms with Gasteiger partial charge in [-0.05, 0) is 31.8 Å². The molecule has 0 saturated heterocycles. The summed E-state index contributed by atoms with van der Waals surface area (Å²) >= 11 is 0. The lowest BCUT2D eigenvalue weighted by Gasteiger charge is -2.18. The zero-order chi connectivity index (χ0) is 11.7. The molecule has 0 amide bonds. The Kier molecular flexibility index (Phi) is 7.56. The van der Waals surface area contributed by atoms with E-state index in [1.54, 1.807) is 0 Å². The van der Waals surface area contributed by atoms with Gasteiger partial charge in [0.1, 0.15) is 6.29 Å². The maximum absolute atomic E-state index is 10.1. The molecule has 0 fully saturated rings. The van der Waals surface area contributed by atoms with Crippen LogP contribution in [0.2, 0.25) is 0 Å². The van der Waals surface area contributed by atoms with Crippen molar-refractivity contribution in [3.8, 4) is 0 Å². The highest BCUT2D eigenvalue weighted by Crippen LogP contribution is 2.13.